The fourth-order valence-electron chi connectivity index (χ4n) is 1.37. The van der Waals surface area contributed by atoms with Crippen LogP contribution in [0.1, 0.15) is 30.6 Å². The van der Waals surface area contributed by atoms with Crippen LogP contribution >= 0.6 is 11.8 Å². The third-order valence-electron chi connectivity index (χ3n) is 2.37. The van der Waals surface area contributed by atoms with E-state index in [2.05, 4.69) is 17.2 Å². The van der Waals surface area contributed by atoms with Crippen LogP contribution in [0.15, 0.2) is 12.3 Å². The Balaban J connectivity index is 2.57. The highest BCUT2D eigenvalue weighted by molar-refractivity contribution is 7.99. The number of halogens is 2. The number of hydrogen-bond donors (Lipinski definition) is 1. The summed E-state index contributed by atoms with van der Waals surface area (Å²) in [6, 6.07) is 1.09. The Morgan fingerprint density at radius 2 is 2.28 bits per heavy atom. The van der Waals surface area contributed by atoms with Crippen molar-refractivity contribution >= 4 is 17.7 Å². The van der Waals surface area contributed by atoms with Crippen LogP contribution in [0.4, 0.5) is 8.78 Å². The Bertz CT molecular complexity index is 415. The summed E-state index contributed by atoms with van der Waals surface area (Å²) in [5.41, 5.74) is -0.308. The van der Waals surface area contributed by atoms with E-state index in [0.717, 1.165) is 24.1 Å². The smallest absolute Gasteiger partial charge is 0.254 e. The van der Waals surface area contributed by atoms with Crippen molar-refractivity contribution in [1.82, 2.24) is 10.3 Å². The van der Waals surface area contributed by atoms with Crippen LogP contribution in [0.2, 0.25) is 0 Å². The highest BCUT2D eigenvalue weighted by Gasteiger charge is 2.17. The first-order valence-corrected chi connectivity index (χ1v) is 6.90. The molecule has 1 N–H and O–H groups in total. The second kappa shape index (κ2) is 7.31. The van der Waals surface area contributed by atoms with Crippen LogP contribution in [0.3, 0.4) is 0 Å². The van der Waals surface area contributed by atoms with Gasteiger partial charge in [-0.2, -0.15) is 16.2 Å². The Morgan fingerprint density at radius 1 is 1.56 bits per heavy atom. The van der Waals surface area contributed by atoms with Crippen molar-refractivity contribution in [3.05, 3.63) is 29.6 Å². The average molecular weight is 274 g/mol. The molecule has 3 nitrogen and oxygen atoms in total. The van der Waals surface area contributed by atoms with Crippen LogP contribution in [-0.4, -0.2) is 28.4 Å². The van der Waals surface area contributed by atoms with E-state index >= 15 is 0 Å². The van der Waals surface area contributed by atoms with Crippen LogP contribution in [0, 0.1) is 11.8 Å². The molecule has 1 aromatic rings. The molecule has 0 fully saturated rings. The van der Waals surface area contributed by atoms with Gasteiger partial charge in [-0.3, -0.25) is 4.79 Å². The lowest BCUT2D eigenvalue weighted by Crippen LogP contribution is -2.33. The largest absolute Gasteiger partial charge is 0.349 e. The minimum absolute atomic E-state index is 0.0767. The maximum Gasteiger partial charge on any atom is 0.254 e. The molecule has 1 aromatic heterocycles. The summed E-state index contributed by atoms with van der Waals surface area (Å²) in [7, 11) is 0. The lowest BCUT2D eigenvalue weighted by molar-refractivity contribution is 0.0934. The number of nitrogens with zero attached hydrogens (tertiary/aromatic N) is 1. The van der Waals surface area contributed by atoms with E-state index in [0.29, 0.717) is 0 Å². The second-order valence-corrected chi connectivity index (χ2v) is 5.22. The SMILES string of the molecule is CCSCCC(C)NC(=O)c1ccnc(F)c1F. The van der Waals surface area contributed by atoms with E-state index in [1.54, 1.807) is 11.8 Å². The summed E-state index contributed by atoms with van der Waals surface area (Å²) >= 11 is 1.77. The van der Waals surface area contributed by atoms with Crippen LogP contribution in [0.5, 0.6) is 0 Å². The predicted molar refractivity (Wildman–Crippen MR) is 68.7 cm³/mol. The number of aromatic nitrogens is 1. The minimum Gasteiger partial charge on any atom is -0.349 e. The minimum atomic E-state index is -1.25. The van der Waals surface area contributed by atoms with Gasteiger partial charge in [0.05, 0.1) is 5.56 Å². The zero-order valence-electron chi connectivity index (χ0n) is 10.4. The standard InChI is InChI=1S/C12H16F2N2OS/c1-3-18-7-5-8(2)16-12(17)9-4-6-15-11(14)10(9)13/h4,6,8H,3,5,7H2,1-2H3,(H,16,17). The van der Waals surface area contributed by atoms with E-state index in [4.69, 9.17) is 0 Å². The molecule has 6 heteroatoms. The van der Waals surface area contributed by atoms with Gasteiger partial charge in [0.2, 0.25) is 5.95 Å². The molecule has 1 amide bonds. The monoisotopic (exact) mass is 274 g/mol. The lowest BCUT2D eigenvalue weighted by atomic mass is 10.2. The van der Waals surface area contributed by atoms with E-state index in [-0.39, 0.29) is 11.6 Å². The number of carbonyl (C=O) groups excluding carboxylic acids is 1. The van der Waals surface area contributed by atoms with Crippen LogP contribution in [-0.2, 0) is 0 Å². The summed E-state index contributed by atoms with van der Waals surface area (Å²) in [6.07, 6.45) is 1.87. The summed E-state index contributed by atoms with van der Waals surface area (Å²) in [5.74, 6) is -1.12. The van der Waals surface area contributed by atoms with Crippen molar-refractivity contribution < 1.29 is 13.6 Å². The number of pyridine rings is 1. The summed E-state index contributed by atoms with van der Waals surface area (Å²) in [4.78, 5) is 14.8. The van der Waals surface area contributed by atoms with Gasteiger partial charge in [-0.25, -0.2) is 9.37 Å². The molecule has 0 bridgehead atoms. The molecule has 0 spiro atoms. The molecule has 0 aromatic carbocycles. The summed E-state index contributed by atoms with van der Waals surface area (Å²) in [6.45, 7) is 3.90. The third kappa shape index (κ3) is 4.25. The first-order valence-electron chi connectivity index (χ1n) is 5.74. The van der Waals surface area contributed by atoms with Crippen molar-refractivity contribution in [2.75, 3.05) is 11.5 Å². The molecule has 0 radical (unpaired) electrons. The van der Waals surface area contributed by atoms with E-state index in [1.807, 2.05) is 6.92 Å². The van der Waals surface area contributed by atoms with Crippen molar-refractivity contribution in [2.24, 2.45) is 0 Å². The number of hydrogen-bond acceptors (Lipinski definition) is 3. The summed E-state index contributed by atoms with van der Waals surface area (Å²) < 4.78 is 26.2. The van der Waals surface area contributed by atoms with Gasteiger partial charge in [0.1, 0.15) is 0 Å². The van der Waals surface area contributed by atoms with E-state index in [1.165, 1.54) is 6.07 Å². The topological polar surface area (TPSA) is 42.0 Å². The van der Waals surface area contributed by atoms with Gasteiger partial charge in [0.15, 0.2) is 5.82 Å². The number of thioether (sulfide) groups is 1. The normalized spacial score (nSPS) is 12.2. The molecule has 0 saturated carbocycles. The Kier molecular flexibility index (Phi) is 6.04. The fraction of sp³-hybridized carbons (Fsp3) is 0.500. The lowest BCUT2D eigenvalue weighted by Gasteiger charge is -2.13. The maximum absolute atomic E-state index is 13.3. The van der Waals surface area contributed by atoms with Crippen LogP contribution < -0.4 is 5.32 Å². The van der Waals surface area contributed by atoms with E-state index in [9.17, 15) is 13.6 Å². The Morgan fingerprint density at radius 3 is 2.94 bits per heavy atom. The molecular formula is C12H16F2N2OS. The van der Waals surface area contributed by atoms with Crippen molar-refractivity contribution in [3.8, 4) is 0 Å². The number of amides is 1. The van der Waals surface area contributed by atoms with Gasteiger partial charge >= 0.3 is 0 Å². The Labute approximate surface area is 109 Å². The third-order valence-corrected chi connectivity index (χ3v) is 3.30. The predicted octanol–water partition coefficient (Wildman–Crippen LogP) is 2.62. The molecule has 0 aliphatic heterocycles. The number of nitrogens with one attached hydrogen (secondary N) is 1. The van der Waals surface area contributed by atoms with Gasteiger partial charge in [0, 0.05) is 12.2 Å². The van der Waals surface area contributed by atoms with Gasteiger partial charge in [0.25, 0.3) is 5.91 Å². The van der Waals surface area contributed by atoms with Crippen LogP contribution in [0.25, 0.3) is 0 Å². The molecular weight excluding hydrogens is 258 g/mol. The van der Waals surface area contributed by atoms with E-state index < -0.39 is 17.7 Å². The second-order valence-electron chi connectivity index (χ2n) is 3.82. The molecule has 1 atom stereocenters. The molecule has 1 heterocycles. The van der Waals surface area contributed by atoms with Crippen molar-refractivity contribution in [2.45, 2.75) is 26.3 Å². The highest BCUT2D eigenvalue weighted by atomic mass is 32.2. The fourth-order valence-corrected chi connectivity index (χ4v) is 2.18. The van der Waals surface area contributed by atoms with Gasteiger partial charge in [-0.1, -0.05) is 6.92 Å². The van der Waals surface area contributed by atoms with Gasteiger partial charge < -0.3 is 5.32 Å². The number of carbonyl (C=O) groups is 1. The molecule has 0 saturated heterocycles. The quantitative estimate of drug-likeness (QED) is 0.640. The average Bonchev–Trinajstić information content (AvgIpc) is 2.32. The van der Waals surface area contributed by atoms with Crippen molar-refractivity contribution in [1.29, 1.82) is 0 Å². The first-order chi connectivity index (χ1) is 8.56. The molecule has 0 aliphatic rings. The zero-order valence-corrected chi connectivity index (χ0v) is 11.2. The maximum atomic E-state index is 13.3. The molecule has 0 aliphatic carbocycles. The number of rotatable bonds is 6. The molecule has 18 heavy (non-hydrogen) atoms. The van der Waals surface area contributed by atoms with Crippen molar-refractivity contribution in [3.63, 3.8) is 0 Å². The Hall–Kier alpha value is -1.17. The van der Waals surface area contributed by atoms with Gasteiger partial charge in [-0.15, -0.1) is 0 Å². The first kappa shape index (κ1) is 14.9. The molecule has 1 rings (SSSR count). The molecule has 1 unspecified atom stereocenters. The highest BCUT2D eigenvalue weighted by Crippen LogP contribution is 2.10. The molecule has 100 valence electrons. The summed E-state index contributed by atoms with van der Waals surface area (Å²) in [5, 5.41) is 2.64. The van der Waals surface area contributed by atoms with Gasteiger partial charge in [-0.05, 0) is 30.9 Å². The zero-order chi connectivity index (χ0) is 13.5.